The number of urea groups is 1. The van der Waals surface area contributed by atoms with E-state index in [1.54, 1.807) is 0 Å². The van der Waals surface area contributed by atoms with Gasteiger partial charge in [0.2, 0.25) is 0 Å². The Morgan fingerprint density at radius 3 is 2.56 bits per heavy atom. The summed E-state index contributed by atoms with van der Waals surface area (Å²) in [4.78, 5) is 23.6. The number of amides is 2. The molecule has 5 nitrogen and oxygen atoms in total. The number of nitrogens with one attached hydrogen (secondary N) is 1. The van der Waals surface area contributed by atoms with Gasteiger partial charge in [0.15, 0.2) is 0 Å². The Morgan fingerprint density at radius 2 is 2.12 bits per heavy atom. The van der Waals surface area contributed by atoms with E-state index < -0.39 is 5.97 Å². The topological polar surface area (TPSA) is 69.6 Å². The Labute approximate surface area is 95.8 Å². The molecule has 92 valence electrons. The summed E-state index contributed by atoms with van der Waals surface area (Å²) in [5, 5.41) is 11.5. The maximum absolute atomic E-state index is 11.7. The van der Waals surface area contributed by atoms with Crippen LogP contribution in [0.3, 0.4) is 0 Å². The third kappa shape index (κ3) is 4.08. The van der Waals surface area contributed by atoms with E-state index in [4.69, 9.17) is 5.11 Å². The fourth-order valence-corrected chi connectivity index (χ4v) is 1.73. The highest BCUT2D eigenvalue weighted by molar-refractivity contribution is 5.80. The van der Waals surface area contributed by atoms with E-state index in [9.17, 15) is 9.59 Å². The molecule has 0 spiro atoms. The molecule has 0 unspecified atom stereocenters. The number of rotatable bonds is 6. The van der Waals surface area contributed by atoms with Crippen molar-refractivity contribution < 1.29 is 14.7 Å². The van der Waals surface area contributed by atoms with Crippen molar-refractivity contribution in [3.8, 4) is 0 Å². The number of carbonyl (C=O) groups excluding carboxylic acids is 1. The number of hydrogen-bond donors (Lipinski definition) is 2. The van der Waals surface area contributed by atoms with Gasteiger partial charge in [-0.3, -0.25) is 4.79 Å². The lowest BCUT2D eigenvalue weighted by Crippen LogP contribution is -2.45. The van der Waals surface area contributed by atoms with E-state index in [-0.39, 0.29) is 12.6 Å². The van der Waals surface area contributed by atoms with Gasteiger partial charge >= 0.3 is 12.0 Å². The number of carboxylic acid groups (broad SMARTS) is 1. The molecule has 0 aromatic carbocycles. The Balaban J connectivity index is 2.29. The van der Waals surface area contributed by atoms with Crippen molar-refractivity contribution in [1.29, 1.82) is 0 Å². The molecule has 1 fully saturated rings. The van der Waals surface area contributed by atoms with Crippen LogP contribution in [0.1, 0.15) is 32.6 Å². The molecule has 0 heterocycles. The number of carboxylic acids is 1. The van der Waals surface area contributed by atoms with Gasteiger partial charge in [-0.25, -0.2) is 4.79 Å². The number of nitrogens with zero attached hydrogens (tertiary/aromatic N) is 1. The first-order chi connectivity index (χ1) is 7.63. The van der Waals surface area contributed by atoms with Crippen molar-refractivity contribution in [3.63, 3.8) is 0 Å². The van der Waals surface area contributed by atoms with Crippen molar-refractivity contribution in [3.05, 3.63) is 0 Å². The number of aliphatic carboxylic acids is 1. The van der Waals surface area contributed by atoms with Crippen LogP contribution in [0, 0.1) is 5.92 Å². The zero-order valence-electron chi connectivity index (χ0n) is 9.74. The smallest absolute Gasteiger partial charge is 0.323 e. The van der Waals surface area contributed by atoms with E-state index in [1.165, 1.54) is 24.2 Å². The van der Waals surface area contributed by atoms with Crippen LogP contribution >= 0.6 is 0 Å². The molecule has 1 rings (SSSR count). The van der Waals surface area contributed by atoms with Gasteiger partial charge in [-0.05, 0) is 25.2 Å². The molecule has 0 radical (unpaired) electrons. The summed E-state index contributed by atoms with van der Waals surface area (Å²) < 4.78 is 0. The van der Waals surface area contributed by atoms with Gasteiger partial charge in [-0.2, -0.15) is 0 Å². The van der Waals surface area contributed by atoms with Crippen LogP contribution in [0.5, 0.6) is 0 Å². The zero-order chi connectivity index (χ0) is 12.0. The fourth-order valence-electron chi connectivity index (χ4n) is 1.73. The molecule has 5 heteroatoms. The molecule has 2 amide bonds. The second-order valence-corrected chi connectivity index (χ2v) is 4.30. The van der Waals surface area contributed by atoms with E-state index in [0.29, 0.717) is 19.0 Å². The molecule has 0 aromatic rings. The van der Waals surface area contributed by atoms with Crippen LogP contribution in [0.15, 0.2) is 0 Å². The standard InChI is InChI=1S/C11H20N2O3/c1-2-6-13(8-10(14)15)11(16)12-7-9-4-3-5-9/h9H,2-8H2,1H3,(H,12,16)(H,14,15). The van der Waals surface area contributed by atoms with Gasteiger partial charge in [0.05, 0.1) is 0 Å². The molecular formula is C11H20N2O3. The largest absolute Gasteiger partial charge is 0.480 e. The minimum Gasteiger partial charge on any atom is -0.480 e. The first-order valence-corrected chi connectivity index (χ1v) is 5.88. The zero-order valence-corrected chi connectivity index (χ0v) is 9.74. The van der Waals surface area contributed by atoms with Crippen LogP contribution in [0.2, 0.25) is 0 Å². The maximum atomic E-state index is 11.7. The van der Waals surface area contributed by atoms with Gasteiger partial charge in [-0.1, -0.05) is 13.3 Å². The van der Waals surface area contributed by atoms with Gasteiger partial charge in [0.1, 0.15) is 6.54 Å². The minimum atomic E-state index is -0.966. The number of hydrogen-bond acceptors (Lipinski definition) is 2. The predicted molar refractivity (Wildman–Crippen MR) is 60.2 cm³/mol. The first kappa shape index (κ1) is 12.8. The lowest BCUT2D eigenvalue weighted by Gasteiger charge is -2.27. The third-order valence-electron chi connectivity index (χ3n) is 2.87. The predicted octanol–water partition coefficient (Wildman–Crippen LogP) is 1.29. The summed E-state index contributed by atoms with van der Waals surface area (Å²) in [7, 11) is 0. The molecule has 2 N–H and O–H groups in total. The Hall–Kier alpha value is -1.26. The highest BCUT2D eigenvalue weighted by Crippen LogP contribution is 2.25. The molecule has 1 aliphatic rings. The SMILES string of the molecule is CCCN(CC(=O)O)C(=O)NCC1CCC1. The van der Waals surface area contributed by atoms with Crippen LogP contribution in [0.4, 0.5) is 4.79 Å². The van der Waals surface area contributed by atoms with Crippen molar-refractivity contribution >= 4 is 12.0 Å². The fraction of sp³-hybridized carbons (Fsp3) is 0.818. The van der Waals surface area contributed by atoms with Crippen LogP contribution in [-0.4, -0.2) is 41.6 Å². The lowest BCUT2D eigenvalue weighted by molar-refractivity contribution is -0.137. The van der Waals surface area contributed by atoms with Gasteiger partial charge in [0.25, 0.3) is 0 Å². The van der Waals surface area contributed by atoms with Crippen molar-refractivity contribution in [1.82, 2.24) is 10.2 Å². The Kier molecular flexibility index (Phi) is 5.08. The van der Waals surface area contributed by atoms with Crippen LogP contribution < -0.4 is 5.32 Å². The normalized spacial score (nSPS) is 15.3. The van der Waals surface area contributed by atoms with E-state index in [2.05, 4.69) is 5.32 Å². The summed E-state index contributed by atoms with van der Waals surface area (Å²) in [6.07, 6.45) is 4.36. The molecule has 16 heavy (non-hydrogen) atoms. The minimum absolute atomic E-state index is 0.218. The average molecular weight is 228 g/mol. The highest BCUT2D eigenvalue weighted by atomic mass is 16.4. The van der Waals surface area contributed by atoms with Gasteiger partial charge in [-0.15, -0.1) is 0 Å². The highest BCUT2D eigenvalue weighted by Gasteiger charge is 2.20. The second-order valence-electron chi connectivity index (χ2n) is 4.30. The summed E-state index contributed by atoms with van der Waals surface area (Å²) in [6, 6.07) is -0.254. The molecule has 0 saturated heterocycles. The maximum Gasteiger partial charge on any atom is 0.323 e. The van der Waals surface area contributed by atoms with Crippen molar-refractivity contribution in [2.45, 2.75) is 32.6 Å². The van der Waals surface area contributed by atoms with E-state index >= 15 is 0 Å². The lowest BCUT2D eigenvalue weighted by atomic mass is 9.85. The van der Waals surface area contributed by atoms with Gasteiger partial charge < -0.3 is 15.3 Å². The van der Waals surface area contributed by atoms with Crippen molar-refractivity contribution in [2.24, 2.45) is 5.92 Å². The summed E-state index contributed by atoms with van der Waals surface area (Å²) in [5.41, 5.74) is 0. The molecule has 0 atom stereocenters. The summed E-state index contributed by atoms with van der Waals surface area (Å²) >= 11 is 0. The molecule has 1 aliphatic carbocycles. The monoisotopic (exact) mass is 228 g/mol. The molecule has 0 aromatic heterocycles. The van der Waals surface area contributed by atoms with Crippen LogP contribution in [0.25, 0.3) is 0 Å². The average Bonchev–Trinajstić information content (AvgIpc) is 2.13. The first-order valence-electron chi connectivity index (χ1n) is 5.88. The molecular weight excluding hydrogens is 208 g/mol. The second kappa shape index (κ2) is 6.35. The summed E-state index contributed by atoms with van der Waals surface area (Å²) in [6.45, 7) is 2.87. The Morgan fingerprint density at radius 1 is 1.44 bits per heavy atom. The Bertz CT molecular complexity index is 252. The van der Waals surface area contributed by atoms with Gasteiger partial charge in [0, 0.05) is 13.1 Å². The molecule has 0 bridgehead atoms. The van der Waals surface area contributed by atoms with E-state index in [1.807, 2.05) is 6.92 Å². The third-order valence-corrected chi connectivity index (χ3v) is 2.87. The van der Waals surface area contributed by atoms with Crippen LogP contribution in [-0.2, 0) is 4.79 Å². The van der Waals surface area contributed by atoms with Crippen molar-refractivity contribution in [2.75, 3.05) is 19.6 Å². The number of carbonyl (C=O) groups is 2. The molecule has 1 saturated carbocycles. The molecule has 0 aliphatic heterocycles. The van der Waals surface area contributed by atoms with E-state index in [0.717, 1.165) is 6.42 Å². The quantitative estimate of drug-likeness (QED) is 0.719. The summed E-state index contributed by atoms with van der Waals surface area (Å²) in [5.74, 6) is -0.371.